The minimum Gasteiger partial charge on any atom is -0.322 e. The highest BCUT2D eigenvalue weighted by molar-refractivity contribution is 9.10. The molecule has 0 heterocycles. The third-order valence-corrected chi connectivity index (χ3v) is 6.03. The number of aryl methyl sites for hydroxylation is 2. The van der Waals surface area contributed by atoms with Crippen LogP contribution in [0.15, 0.2) is 76.1 Å². The summed E-state index contributed by atoms with van der Waals surface area (Å²) < 4.78 is 28.7. The maximum atomic E-state index is 12.7. The van der Waals surface area contributed by atoms with Gasteiger partial charge in [-0.15, -0.1) is 0 Å². The third kappa shape index (κ3) is 4.79. The number of hydrogen-bond acceptors (Lipinski definition) is 3. The SMILES string of the molecule is Cc1ccc(S(=O)(=O)Nc2cc(C(=O)Nc3cccc(Br)c3)ccc2C)cc1. The third-order valence-electron chi connectivity index (χ3n) is 4.16. The number of amides is 1. The van der Waals surface area contributed by atoms with E-state index in [1.54, 1.807) is 55.5 Å². The summed E-state index contributed by atoms with van der Waals surface area (Å²) in [6.45, 7) is 3.67. The second-order valence-corrected chi connectivity index (χ2v) is 9.01. The molecule has 0 saturated heterocycles. The van der Waals surface area contributed by atoms with E-state index < -0.39 is 10.0 Å². The van der Waals surface area contributed by atoms with Gasteiger partial charge in [-0.2, -0.15) is 0 Å². The molecular weight excluding hydrogens is 440 g/mol. The summed E-state index contributed by atoms with van der Waals surface area (Å²) in [5, 5.41) is 2.80. The number of sulfonamides is 1. The van der Waals surface area contributed by atoms with Gasteiger partial charge in [-0.1, -0.05) is 45.8 Å². The summed E-state index contributed by atoms with van der Waals surface area (Å²) in [4.78, 5) is 12.7. The molecule has 0 aliphatic carbocycles. The predicted molar refractivity (Wildman–Crippen MR) is 115 cm³/mol. The molecule has 3 aromatic carbocycles. The Balaban J connectivity index is 1.85. The quantitative estimate of drug-likeness (QED) is 0.556. The maximum absolute atomic E-state index is 12.7. The van der Waals surface area contributed by atoms with Crippen LogP contribution in [0.5, 0.6) is 0 Å². The molecule has 144 valence electrons. The summed E-state index contributed by atoms with van der Waals surface area (Å²) in [6.07, 6.45) is 0. The van der Waals surface area contributed by atoms with Crippen molar-refractivity contribution in [3.63, 3.8) is 0 Å². The van der Waals surface area contributed by atoms with Gasteiger partial charge in [0.2, 0.25) is 0 Å². The molecule has 2 N–H and O–H groups in total. The van der Waals surface area contributed by atoms with Crippen LogP contribution in [0.25, 0.3) is 0 Å². The number of nitrogens with one attached hydrogen (secondary N) is 2. The van der Waals surface area contributed by atoms with Crippen molar-refractivity contribution in [2.45, 2.75) is 18.7 Å². The minimum absolute atomic E-state index is 0.168. The minimum atomic E-state index is -3.75. The fourth-order valence-electron chi connectivity index (χ4n) is 2.56. The fourth-order valence-corrected chi connectivity index (χ4v) is 4.08. The van der Waals surface area contributed by atoms with Gasteiger partial charge in [0.25, 0.3) is 15.9 Å². The lowest BCUT2D eigenvalue weighted by Crippen LogP contribution is -2.16. The van der Waals surface area contributed by atoms with E-state index in [9.17, 15) is 13.2 Å². The zero-order valence-corrected chi connectivity index (χ0v) is 17.8. The van der Waals surface area contributed by atoms with E-state index in [0.29, 0.717) is 16.9 Å². The van der Waals surface area contributed by atoms with Crippen molar-refractivity contribution >= 4 is 43.2 Å². The average Bonchev–Trinajstić information content (AvgIpc) is 2.63. The van der Waals surface area contributed by atoms with E-state index in [-0.39, 0.29) is 10.8 Å². The van der Waals surface area contributed by atoms with Crippen molar-refractivity contribution in [1.82, 2.24) is 0 Å². The molecule has 0 unspecified atom stereocenters. The van der Waals surface area contributed by atoms with Gasteiger partial charge in [0, 0.05) is 15.7 Å². The van der Waals surface area contributed by atoms with Gasteiger partial charge >= 0.3 is 0 Å². The van der Waals surface area contributed by atoms with Crippen LogP contribution in [0.4, 0.5) is 11.4 Å². The average molecular weight is 459 g/mol. The van der Waals surface area contributed by atoms with Gasteiger partial charge in [-0.05, 0) is 61.9 Å². The lowest BCUT2D eigenvalue weighted by Gasteiger charge is -2.13. The van der Waals surface area contributed by atoms with Crippen molar-refractivity contribution in [2.24, 2.45) is 0 Å². The maximum Gasteiger partial charge on any atom is 0.261 e. The molecule has 3 rings (SSSR count). The lowest BCUT2D eigenvalue weighted by molar-refractivity contribution is 0.102. The Morgan fingerprint density at radius 2 is 1.64 bits per heavy atom. The van der Waals surface area contributed by atoms with Crippen LogP contribution in [0.2, 0.25) is 0 Å². The topological polar surface area (TPSA) is 75.3 Å². The number of carbonyl (C=O) groups excluding carboxylic acids is 1. The van der Waals surface area contributed by atoms with Gasteiger partial charge in [0.1, 0.15) is 0 Å². The van der Waals surface area contributed by atoms with Crippen LogP contribution in [0.3, 0.4) is 0 Å². The fraction of sp³-hybridized carbons (Fsp3) is 0.0952. The highest BCUT2D eigenvalue weighted by Crippen LogP contribution is 2.23. The Labute approximate surface area is 173 Å². The van der Waals surface area contributed by atoms with Gasteiger partial charge in [0.15, 0.2) is 0 Å². The summed E-state index contributed by atoms with van der Waals surface area (Å²) in [7, 11) is -3.75. The first-order valence-electron chi connectivity index (χ1n) is 8.52. The zero-order valence-electron chi connectivity index (χ0n) is 15.4. The Morgan fingerprint density at radius 3 is 2.32 bits per heavy atom. The Kier molecular flexibility index (Phi) is 5.86. The van der Waals surface area contributed by atoms with E-state index in [1.165, 1.54) is 6.07 Å². The second-order valence-electron chi connectivity index (χ2n) is 6.41. The molecule has 3 aromatic rings. The van der Waals surface area contributed by atoms with Crippen LogP contribution < -0.4 is 10.0 Å². The van der Waals surface area contributed by atoms with Crippen molar-refractivity contribution in [3.05, 3.63) is 87.9 Å². The number of benzene rings is 3. The van der Waals surface area contributed by atoms with Gasteiger partial charge in [-0.25, -0.2) is 8.42 Å². The van der Waals surface area contributed by atoms with Crippen LogP contribution in [0.1, 0.15) is 21.5 Å². The second kappa shape index (κ2) is 8.16. The Morgan fingerprint density at radius 1 is 0.929 bits per heavy atom. The summed E-state index contributed by atoms with van der Waals surface area (Å²) in [5.41, 5.74) is 3.05. The molecule has 0 spiro atoms. The molecule has 0 saturated carbocycles. The Bertz CT molecular complexity index is 1130. The highest BCUT2D eigenvalue weighted by atomic mass is 79.9. The van der Waals surface area contributed by atoms with Crippen LogP contribution >= 0.6 is 15.9 Å². The van der Waals surface area contributed by atoms with Crippen molar-refractivity contribution in [3.8, 4) is 0 Å². The molecule has 5 nitrogen and oxygen atoms in total. The molecule has 0 aliphatic rings. The molecule has 1 amide bonds. The summed E-state index contributed by atoms with van der Waals surface area (Å²) >= 11 is 3.36. The molecule has 7 heteroatoms. The lowest BCUT2D eigenvalue weighted by atomic mass is 10.1. The molecular formula is C21H19BrN2O3S. The number of anilines is 2. The summed E-state index contributed by atoms with van der Waals surface area (Å²) in [6, 6.07) is 18.7. The first-order valence-corrected chi connectivity index (χ1v) is 10.8. The van der Waals surface area contributed by atoms with Gasteiger partial charge in [0.05, 0.1) is 10.6 Å². The first-order chi connectivity index (χ1) is 13.2. The van der Waals surface area contributed by atoms with Crippen LogP contribution in [-0.4, -0.2) is 14.3 Å². The van der Waals surface area contributed by atoms with Crippen molar-refractivity contribution in [2.75, 3.05) is 10.0 Å². The zero-order chi connectivity index (χ0) is 20.3. The standard InChI is InChI=1S/C21H19BrN2O3S/c1-14-6-10-19(11-7-14)28(26,27)24-20-12-16(9-8-15(20)2)21(25)23-18-5-3-4-17(22)13-18/h3-13,24H,1-2H3,(H,23,25). The van der Waals surface area contributed by atoms with Crippen molar-refractivity contribution < 1.29 is 13.2 Å². The smallest absolute Gasteiger partial charge is 0.261 e. The van der Waals surface area contributed by atoms with Crippen LogP contribution in [-0.2, 0) is 10.0 Å². The number of carbonyl (C=O) groups is 1. The van der Waals surface area contributed by atoms with Crippen molar-refractivity contribution in [1.29, 1.82) is 0 Å². The number of halogens is 1. The molecule has 0 fully saturated rings. The van der Waals surface area contributed by atoms with E-state index in [4.69, 9.17) is 0 Å². The van der Waals surface area contributed by atoms with Crippen LogP contribution in [0, 0.1) is 13.8 Å². The van der Waals surface area contributed by atoms with Gasteiger partial charge in [-0.3, -0.25) is 9.52 Å². The number of rotatable bonds is 5. The van der Waals surface area contributed by atoms with E-state index in [2.05, 4.69) is 26.0 Å². The predicted octanol–water partition coefficient (Wildman–Crippen LogP) is 5.12. The highest BCUT2D eigenvalue weighted by Gasteiger charge is 2.16. The first kappa shape index (κ1) is 20.1. The van der Waals surface area contributed by atoms with E-state index in [0.717, 1.165) is 15.6 Å². The molecule has 0 atom stereocenters. The van der Waals surface area contributed by atoms with Gasteiger partial charge < -0.3 is 5.32 Å². The molecule has 0 bridgehead atoms. The summed E-state index contributed by atoms with van der Waals surface area (Å²) in [5.74, 6) is -0.325. The largest absolute Gasteiger partial charge is 0.322 e. The molecule has 28 heavy (non-hydrogen) atoms. The Hall–Kier alpha value is -2.64. The normalized spacial score (nSPS) is 11.1. The molecule has 0 radical (unpaired) electrons. The molecule has 0 aromatic heterocycles. The van der Waals surface area contributed by atoms with E-state index in [1.807, 2.05) is 19.1 Å². The molecule has 0 aliphatic heterocycles. The van der Waals surface area contributed by atoms with E-state index >= 15 is 0 Å². The number of hydrogen-bond donors (Lipinski definition) is 2. The monoisotopic (exact) mass is 458 g/mol.